The third-order valence-corrected chi connectivity index (χ3v) is 4.46. The highest BCUT2D eigenvalue weighted by atomic mass is 16.5. The average Bonchev–Trinajstić information content (AvgIpc) is 3.19. The molecule has 0 saturated heterocycles. The molecule has 0 aliphatic rings. The molecule has 1 aromatic carbocycles. The van der Waals surface area contributed by atoms with Crippen molar-refractivity contribution in [3.63, 3.8) is 0 Å². The van der Waals surface area contributed by atoms with Crippen molar-refractivity contribution in [3.8, 4) is 0 Å². The SMILES string of the molecule is Cc1ccc2c(c1)c(=O)n(C)c1nnc(CN(C)Cc3cc(C)on3)n21. The van der Waals surface area contributed by atoms with E-state index in [-0.39, 0.29) is 5.56 Å². The molecule has 3 heterocycles. The predicted octanol–water partition coefficient (Wildman–Crippen LogP) is 1.82. The van der Waals surface area contributed by atoms with Crippen LogP contribution in [0.2, 0.25) is 0 Å². The molecule has 0 fully saturated rings. The highest BCUT2D eigenvalue weighted by Gasteiger charge is 2.16. The molecule has 0 N–H and O–H groups in total. The van der Waals surface area contributed by atoms with Crippen LogP contribution in [-0.4, -0.2) is 36.3 Å². The molecule has 0 aliphatic heterocycles. The highest BCUT2D eigenvalue weighted by Crippen LogP contribution is 2.17. The van der Waals surface area contributed by atoms with Crippen molar-refractivity contribution >= 4 is 16.7 Å². The first-order valence-electron chi connectivity index (χ1n) is 8.38. The van der Waals surface area contributed by atoms with Gasteiger partial charge in [-0.15, -0.1) is 10.2 Å². The first kappa shape index (κ1) is 16.5. The maximum atomic E-state index is 12.6. The van der Waals surface area contributed by atoms with Gasteiger partial charge in [0.05, 0.1) is 23.1 Å². The lowest BCUT2D eigenvalue weighted by Crippen LogP contribution is -2.22. The van der Waals surface area contributed by atoms with Crippen molar-refractivity contribution in [1.29, 1.82) is 0 Å². The molecular weight excluding hydrogens is 332 g/mol. The van der Waals surface area contributed by atoms with Crippen LogP contribution in [0, 0.1) is 13.8 Å². The Morgan fingerprint density at radius 2 is 1.96 bits per heavy atom. The minimum Gasteiger partial charge on any atom is -0.361 e. The maximum absolute atomic E-state index is 12.6. The van der Waals surface area contributed by atoms with Crippen LogP contribution in [-0.2, 0) is 20.1 Å². The van der Waals surface area contributed by atoms with Gasteiger partial charge in [-0.25, -0.2) is 0 Å². The molecule has 26 heavy (non-hydrogen) atoms. The molecular formula is C18H20N6O2. The van der Waals surface area contributed by atoms with Crippen LogP contribution >= 0.6 is 0 Å². The second-order valence-electron chi connectivity index (χ2n) is 6.74. The van der Waals surface area contributed by atoms with E-state index >= 15 is 0 Å². The zero-order chi connectivity index (χ0) is 18.4. The summed E-state index contributed by atoms with van der Waals surface area (Å²) < 4.78 is 8.61. The van der Waals surface area contributed by atoms with E-state index < -0.39 is 0 Å². The number of hydrogen-bond acceptors (Lipinski definition) is 6. The lowest BCUT2D eigenvalue weighted by atomic mass is 10.1. The number of aryl methyl sites for hydroxylation is 3. The second-order valence-corrected chi connectivity index (χ2v) is 6.74. The normalized spacial score (nSPS) is 11.9. The van der Waals surface area contributed by atoms with Crippen LogP contribution in [0.1, 0.15) is 22.8 Å². The zero-order valence-electron chi connectivity index (χ0n) is 15.2. The van der Waals surface area contributed by atoms with E-state index in [9.17, 15) is 4.79 Å². The summed E-state index contributed by atoms with van der Waals surface area (Å²) in [4.78, 5) is 14.7. The number of rotatable bonds is 4. The predicted molar refractivity (Wildman–Crippen MR) is 96.9 cm³/mol. The topological polar surface area (TPSA) is 81.5 Å². The summed E-state index contributed by atoms with van der Waals surface area (Å²) in [5, 5.41) is 13.2. The summed E-state index contributed by atoms with van der Waals surface area (Å²) in [5.41, 5.74) is 2.66. The fourth-order valence-electron chi connectivity index (χ4n) is 3.23. The monoisotopic (exact) mass is 352 g/mol. The number of fused-ring (bicyclic) bond motifs is 3. The molecule has 0 spiro atoms. The van der Waals surface area contributed by atoms with E-state index in [0.29, 0.717) is 24.3 Å². The minimum atomic E-state index is -0.0680. The van der Waals surface area contributed by atoms with E-state index in [0.717, 1.165) is 28.4 Å². The zero-order valence-corrected chi connectivity index (χ0v) is 15.2. The van der Waals surface area contributed by atoms with Crippen molar-refractivity contribution in [3.05, 3.63) is 57.5 Å². The molecule has 0 unspecified atom stereocenters. The van der Waals surface area contributed by atoms with Gasteiger partial charge in [0, 0.05) is 19.7 Å². The van der Waals surface area contributed by atoms with E-state index in [1.54, 1.807) is 11.6 Å². The Labute approximate surface area is 149 Å². The Morgan fingerprint density at radius 1 is 1.15 bits per heavy atom. The fourth-order valence-corrected chi connectivity index (χ4v) is 3.23. The Hall–Kier alpha value is -3.00. The summed E-state index contributed by atoms with van der Waals surface area (Å²) in [6.45, 7) is 5.05. The lowest BCUT2D eigenvalue weighted by Gasteiger charge is -2.14. The van der Waals surface area contributed by atoms with Crippen LogP contribution in [0.4, 0.5) is 0 Å². The summed E-state index contributed by atoms with van der Waals surface area (Å²) in [6.07, 6.45) is 0. The Bertz CT molecular complexity index is 1170. The van der Waals surface area contributed by atoms with Crippen molar-refractivity contribution in [2.45, 2.75) is 26.9 Å². The fraction of sp³-hybridized carbons (Fsp3) is 0.333. The summed E-state index contributed by atoms with van der Waals surface area (Å²) in [5.74, 6) is 2.09. The van der Waals surface area contributed by atoms with Gasteiger partial charge >= 0.3 is 0 Å². The molecule has 8 nitrogen and oxygen atoms in total. The molecule has 4 rings (SSSR count). The Balaban J connectivity index is 1.78. The summed E-state index contributed by atoms with van der Waals surface area (Å²) in [7, 11) is 3.71. The largest absolute Gasteiger partial charge is 0.361 e. The van der Waals surface area contributed by atoms with Gasteiger partial charge in [-0.05, 0) is 33.0 Å². The van der Waals surface area contributed by atoms with Gasteiger partial charge in [-0.2, -0.15) is 0 Å². The molecule has 3 aromatic heterocycles. The number of aromatic nitrogens is 5. The molecule has 0 radical (unpaired) electrons. The summed E-state index contributed by atoms with van der Waals surface area (Å²) >= 11 is 0. The molecule has 0 atom stereocenters. The van der Waals surface area contributed by atoms with Crippen LogP contribution in [0.15, 0.2) is 33.6 Å². The highest BCUT2D eigenvalue weighted by molar-refractivity contribution is 5.81. The van der Waals surface area contributed by atoms with Gasteiger partial charge in [0.25, 0.3) is 5.56 Å². The second kappa shape index (κ2) is 6.06. The first-order valence-corrected chi connectivity index (χ1v) is 8.38. The number of benzene rings is 1. The molecule has 0 saturated carbocycles. The Kier molecular flexibility index (Phi) is 3.84. The molecule has 0 amide bonds. The van der Waals surface area contributed by atoms with Crippen molar-refractivity contribution in [1.82, 2.24) is 29.2 Å². The quantitative estimate of drug-likeness (QED) is 0.557. The van der Waals surface area contributed by atoms with E-state index in [1.165, 1.54) is 0 Å². The van der Waals surface area contributed by atoms with Gasteiger partial charge in [0.2, 0.25) is 5.78 Å². The van der Waals surface area contributed by atoms with Crippen LogP contribution in [0.3, 0.4) is 0 Å². The average molecular weight is 352 g/mol. The van der Waals surface area contributed by atoms with Gasteiger partial charge in [-0.3, -0.25) is 18.7 Å². The van der Waals surface area contributed by atoms with Crippen LogP contribution in [0.5, 0.6) is 0 Å². The smallest absolute Gasteiger partial charge is 0.262 e. The third kappa shape index (κ3) is 2.68. The van der Waals surface area contributed by atoms with Crippen LogP contribution in [0.25, 0.3) is 16.7 Å². The third-order valence-electron chi connectivity index (χ3n) is 4.46. The van der Waals surface area contributed by atoms with Gasteiger partial charge in [0.1, 0.15) is 5.76 Å². The van der Waals surface area contributed by atoms with E-state index in [1.807, 2.05) is 49.6 Å². The van der Waals surface area contributed by atoms with Crippen molar-refractivity contribution in [2.24, 2.45) is 7.05 Å². The van der Waals surface area contributed by atoms with E-state index in [4.69, 9.17) is 4.52 Å². The first-order chi connectivity index (χ1) is 12.4. The summed E-state index contributed by atoms with van der Waals surface area (Å²) in [6, 6.07) is 7.77. The standard InChI is InChI=1S/C18H20N6O2/c1-11-5-6-15-14(7-11)17(25)23(4)18-20-19-16(24(15)18)10-22(3)9-13-8-12(2)26-21-13/h5-8H,9-10H2,1-4H3. The maximum Gasteiger partial charge on any atom is 0.262 e. The van der Waals surface area contributed by atoms with Gasteiger partial charge in [0.15, 0.2) is 5.82 Å². The van der Waals surface area contributed by atoms with E-state index in [2.05, 4.69) is 20.3 Å². The van der Waals surface area contributed by atoms with Gasteiger partial charge in [-0.1, -0.05) is 16.8 Å². The molecule has 4 aromatic rings. The lowest BCUT2D eigenvalue weighted by molar-refractivity contribution is 0.294. The molecule has 0 aliphatic carbocycles. The van der Waals surface area contributed by atoms with Gasteiger partial charge < -0.3 is 4.52 Å². The number of nitrogens with zero attached hydrogens (tertiary/aromatic N) is 6. The van der Waals surface area contributed by atoms with Crippen LogP contribution < -0.4 is 5.56 Å². The Morgan fingerprint density at radius 3 is 2.69 bits per heavy atom. The molecule has 8 heteroatoms. The van der Waals surface area contributed by atoms with Crippen molar-refractivity contribution < 1.29 is 4.52 Å². The molecule has 134 valence electrons. The molecule has 0 bridgehead atoms. The number of hydrogen-bond donors (Lipinski definition) is 0. The van der Waals surface area contributed by atoms with Crippen molar-refractivity contribution in [2.75, 3.05) is 7.05 Å². The minimum absolute atomic E-state index is 0.0680.